The standard InChI is InChI=1S/C18H19FN4S/c1-12-13(2)24-18(21-12)23-9-7-22(8-10-23)17-5-6-20-16-11-14(19)3-4-15(16)17/h3-6,11H,7-10H2,1-2H3. The lowest BCUT2D eigenvalue weighted by Gasteiger charge is -2.36. The minimum atomic E-state index is -0.244. The molecule has 3 aromatic rings. The first-order valence-corrected chi connectivity index (χ1v) is 8.91. The van der Waals surface area contributed by atoms with Crippen LogP contribution in [0.2, 0.25) is 0 Å². The zero-order chi connectivity index (χ0) is 16.7. The molecule has 124 valence electrons. The van der Waals surface area contributed by atoms with Crippen molar-refractivity contribution in [3.05, 3.63) is 46.9 Å². The second-order valence-corrected chi connectivity index (χ2v) is 7.29. The Morgan fingerprint density at radius 3 is 2.50 bits per heavy atom. The van der Waals surface area contributed by atoms with Crippen LogP contribution in [0.15, 0.2) is 30.5 Å². The number of aryl methyl sites for hydroxylation is 2. The Morgan fingerprint density at radius 2 is 1.79 bits per heavy atom. The van der Waals surface area contributed by atoms with Gasteiger partial charge in [0, 0.05) is 54.4 Å². The molecule has 0 bridgehead atoms. The molecule has 1 aromatic carbocycles. The van der Waals surface area contributed by atoms with Crippen molar-refractivity contribution in [1.29, 1.82) is 0 Å². The molecule has 0 aliphatic carbocycles. The van der Waals surface area contributed by atoms with E-state index in [2.05, 4.69) is 33.6 Å². The molecule has 1 fully saturated rings. The lowest BCUT2D eigenvalue weighted by Crippen LogP contribution is -2.46. The minimum Gasteiger partial charge on any atom is -0.367 e. The maximum absolute atomic E-state index is 13.4. The van der Waals surface area contributed by atoms with Crippen molar-refractivity contribution in [3.8, 4) is 0 Å². The summed E-state index contributed by atoms with van der Waals surface area (Å²) in [6.07, 6.45) is 1.76. The predicted octanol–water partition coefficient (Wildman–Crippen LogP) is 3.77. The van der Waals surface area contributed by atoms with Crippen LogP contribution in [0.5, 0.6) is 0 Å². The number of hydrogen-bond acceptors (Lipinski definition) is 5. The van der Waals surface area contributed by atoms with E-state index in [1.165, 1.54) is 17.0 Å². The summed E-state index contributed by atoms with van der Waals surface area (Å²) < 4.78 is 13.4. The molecular formula is C18H19FN4S. The van der Waals surface area contributed by atoms with Gasteiger partial charge in [0.1, 0.15) is 5.82 Å². The zero-order valence-electron chi connectivity index (χ0n) is 13.8. The molecule has 0 spiro atoms. The molecule has 0 atom stereocenters. The van der Waals surface area contributed by atoms with E-state index in [1.54, 1.807) is 17.5 Å². The Labute approximate surface area is 144 Å². The normalized spacial score (nSPS) is 15.3. The SMILES string of the molecule is Cc1nc(N2CCN(c3ccnc4cc(F)ccc34)CC2)sc1C. The smallest absolute Gasteiger partial charge is 0.185 e. The summed E-state index contributed by atoms with van der Waals surface area (Å²) in [5, 5.41) is 2.12. The van der Waals surface area contributed by atoms with Gasteiger partial charge in [-0.3, -0.25) is 4.98 Å². The van der Waals surface area contributed by atoms with Crippen molar-refractivity contribution in [3.63, 3.8) is 0 Å². The molecule has 0 unspecified atom stereocenters. The van der Waals surface area contributed by atoms with Gasteiger partial charge in [0.05, 0.1) is 11.2 Å². The van der Waals surface area contributed by atoms with E-state index in [1.807, 2.05) is 12.1 Å². The number of pyridine rings is 1. The number of anilines is 2. The molecule has 0 radical (unpaired) electrons. The molecule has 0 amide bonds. The molecule has 3 heterocycles. The Bertz CT molecular complexity index is 864. The van der Waals surface area contributed by atoms with E-state index in [0.717, 1.165) is 48.1 Å². The van der Waals surface area contributed by atoms with E-state index in [4.69, 9.17) is 0 Å². The number of fused-ring (bicyclic) bond motifs is 1. The summed E-state index contributed by atoms with van der Waals surface area (Å²) in [5.74, 6) is -0.244. The van der Waals surface area contributed by atoms with Gasteiger partial charge in [-0.1, -0.05) is 0 Å². The van der Waals surface area contributed by atoms with Crippen LogP contribution >= 0.6 is 11.3 Å². The largest absolute Gasteiger partial charge is 0.367 e. The molecule has 6 heteroatoms. The quantitative estimate of drug-likeness (QED) is 0.709. The monoisotopic (exact) mass is 342 g/mol. The van der Waals surface area contributed by atoms with Crippen LogP contribution in [0, 0.1) is 19.7 Å². The van der Waals surface area contributed by atoms with Gasteiger partial charge in [-0.15, -0.1) is 11.3 Å². The maximum Gasteiger partial charge on any atom is 0.185 e. The highest BCUT2D eigenvalue weighted by molar-refractivity contribution is 7.15. The molecule has 24 heavy (non-hydrogen) atoms. The summed E-state index contributed by atoms with van der Waals surface area (Å²) in [5.41, 5.74) is 2.96. The van der Waals surface area contributed by atoms with Gasteiger partial charge in [0.2, 0.25) is 0 Å². The van der Waals surface area contributed by atoms with Crippen LogP contribution in [0.1, 0.15) is 10.6 Å². The summed E-state index contributed by atoms with van der Waals surface area (Å²) in [6.45, 7) is 7.92. The first-order chi connectivity index (χ1) is 11.6. The van der Waals surface area contributed by atoms with Crippen molar-refractivity contribution >= 4 is 33.1 Å². The fourth-order valence-electron chi connectivity index (χ4n) is 3.11. The topological polar surface area (TPSA) is 32.3 Å². The molecular weight excluding hydrogens is 323 g/mol. The van der Waals surface area contributed by atoms with Crippen molar-refractivity contribution < 1.29 is 4.39 Å². The highest BCUT2D eigenvalue weighted by atomic mass is 32.1. The molecule has 0 saturated carbocycles. The van der Waals surface area contributed by atoms with Crippen LogP contribution in [0.4, 0.5) is 15.2 Å². The van der Waals surface area contributed by atoms with Crippen molar-refractivity contribution in [2.75, 3.05) is 36.0 Å². The predicted molar refractivity (Wildman–Crippen MR) is 97.7 cm³/mol. The average molecular weight is 342 g/mol. The summed E-state index contributed by atoms with van der Waals surface area (Å²) in [6, 6.07) is 6.85. The van der Waals surface area contributed by atoms with Crippen molar-refractivity contribution in [1.82, 2.24) is 9.97 Å². The first kappa shape index (κ1) is 15.3. The number of rotatable bonds is 2. The van der Waals surface area contributed by atoms with Crippen LogP contribution in [0.25, 0.3) is 10.9 Å². The molecule has 1 aliphatic heterocycles. The van der Waals surface area contributed by atoms with Gasteiger partial charge < -0.3 is 9.80 Å². The van der Waals surface area contributed by atoms with Crippen LogP contribution in [0.3, 0.4) is 0 Å². The molecule has 1 aliphatic rings. The number of thiazole rings is 1. The fraction of sp³-hybridized carbons (Fsp3) is 0.333. The van der Waals surface area contributed by atoms with Crippen molar-refractivity contribution in [2.45, 2.75) is 13.8 Å². The summed E-state index contributed by atoms with van der Waals surface area (Å²) in [4.78, 5) is 14.9. The fourth-order valence-corrected chi connectivity index (χ4v) is 4.07. The minimum absolute atomic E-state index is 0.244. The Hall–Kier alpha value is -2.21. The van der Waals surface area contributed by atoms with Gasteiger partial charge in [-0.2, -0.15) is 0 Å². The van der Waals surface area contributed by atoms with Gasteiger partial charge >= 0.3 is 0 Å². The molecule has 4 rings (SSSR count). The maximum atomic E-state index is 13.4. The van der Waals surface area contributed by atoms with E-state index in [0.29, 0.717) is 5.52 Å². The van der Waals surface area contributed by atoms with E-state index >= 15 is 0 Å². The molecule has 1 saturated heterocycles. The van der Waals surface area contributed by atoms with E-state index in [-0.39, 0.29) is 5.82 Å². The number of nitrogens with zero attached hydrogens (tertiary/aromatic N) is 4. The highest BCUT2D eigenvalue weighted by Gasteiger charge is 2.21. The number of hydrogen-bond donors (Lipinski definition) is 0. The van der Waals surface area contributed by atoms with E-state index < -0.39 is 0 Å². The van der Waals surface area contributed by atoms with Gasteiger partial charge in [-0.25, -0.2) is 9.37 Å². The van der Waals surface area contributed by atoms with Gasteiger partial charge in [0.25, 0.3) is 0 Å². The second-order valence-electron chi connectivity index (χ2n) is 6.10. The summed E-state index contributed by atoms with van der Waals surface area (Å²) >= 11 is 1.77. The second kappa shape index (κ2) is 6.02. The third-order valence-corrected chi connectivity index (χ3v) is 5.72. The lowest BCUT2D eigenvalue weighted by molar-refractivity contribution is 0.629. The Balaban J connectivity index is 1.56. The van der Waals surface area contributed by atoms with Gasteiger partial charge in [-0.05, 0) is 32.0 Å². The first-order valence-electron chi connectivity index (χ1n) is 8.10. The van der Waals surface area contributed by atoms with Crippen LogP contribution in [-0.2, 0) is 0 Å². The molecule has 0 N–H and O–H groups in total. The molecule has 2 aromatic heterocycles. The third-order valence-electron chi connectivity index (χ3n) is 4.59. The highest BCUT2D eigenvalue weighted by Crippen LogP contribution is 2.29. The Kier molecular flexibility index (Phi) is 3.84. The average Bonchev–Trinajstić information content (AvgIpc) is 2.93. The number of aromatic nitrogens is 2. The van der Waals surface area contributed by atoms with Crippen molar-refractivity contribution in [2.24, 2.45) is 0 Å². The summed E-state index contributed by atoms with van der Waals surface area (Å²) in [7, 11) is 0. The number of benzene rings is 1. The third kappa shape index (κ3) is 2.71. The van der Waals surface area contributed by atoms with Crippen LogP contribution in [-0.4, -0.2) is 36.1 Å². The van der Waals surface area contributed by atoms with E-state index in [9.17, 15) is 4.39 Å². The molecule has 4 nitrogen and oxygen atoms in total. The van der Waals surface area contributed by atoms with Gasteiger partial charge in [0.15, 0.2) is 5.13 Å². The Morgan fingerprint density at radius 1 is 1.04 bits per heavy atom. The number of piperazine rings is 1. The lowest BCUT2D eigenvalue weighted by atomic mass is 10.1. The van der Waals surface area contributed by atoms with Crippen LogP contribution < -0.4 is 9.80 Å². The number of halogens is 1. The zero-order valence-corrected chi connectivity index (χ0v) is 14.6.